The van der Waals surface area contributed by atoms with E-state index >= 15 is 0 Å². The molecule has 5 heteroatoms. The molecule has 0 saturated heterocycles. The molecule has 1 aromatic heterocycles. The highest BCUT2D eigenvalue weighted by atomic mass is 32.2. The van der Waals surface area contributed by atoms with Gasteiger partial charge >= 0.3 is 0 Å². The number of anilines is 2. The Labute approximate surface area is 104 Å². The van der Waals surface area contributed by atoms with Crippen LogP contribution >= 0.6 is 23.3 Å². The maximum atomic E-state index is 5.86. The highest BCUT2D eigenvalue weighted by molar-refractivity contribution is 7.99. The summed E-state index contributed by atoms with van der Waals surface area (Å²) >= 11 is 3.24. The summed E-state index contributed by atoms with van der Waals surface area (Å²) in [4.78, 5) is 0. The van der Waals surface area contributed by atoms with Crippen molar-refractivity contribution in [2.24, 2.45) is 0 Å². The van der Waals surface area contributed by atoms with Crippen molar-refractivity contribution >= 4 is 34.1 Å². The first kappa shape index (κ1) is 11.6. The average molecular weight is 253 g/mol. The lowest BCUT2D eigenvalue weighted by molar-refractivity contribution is 1.12. The molecule has 0 amide bonds. The molecule has 0 atom stereocenters. The van der Waals surface area contributed by atoms with Gasteiger partial charge in [0.1, 0.15) is 10.8 Å². The molecule has 1 aliphatic carbocycles. The molecule has 0 aliphatic heterocycles. The molecule has 1 aromatic rings. The summed E-state index contributed by atoms with van der Waals surface area (Å²) in [5.41, 5.74) is 7.10. The number of nitrogen functional groups attached to an aromatic ring is 1. The first-order valence-corrected chi connectivity index (χ1v) is 7.26. The molecule has 0 bridgehead atoms. The molecule has 0 spiro atoms. The largest absolute Gasteiger partial charge is 0.383 e. The van der Waals surface area contributed by atoms with Gasteiger partial charge in [-0.05, 0) is 30.3 Å². The molecule has 1 heterocycles. The van der Waals surface area contributed by atoms with Crippen molar-refractivity contribution in [2.45, 2.75) is 18.8 Å². The Morgan fingerprint density at radius 1 is 1.62 bits per heavy atom. The van der Waals surface area contributed by atoms with Gasteiger partial charge in [-0.15, -0.1) is 18.2 Å². The molecule has 0 unspecified atom stereocenters. The van der Waals surface area contributed by atoms with Gasteiger partial charge in [-0.3, -0.25) is 0 Å². The summed E-state index contributed by atoms with van der Waals surface area (Å²) in [6.07, 6.45) is 7.69. The number of nitrogens with one attached hydrogen (secondary N) is 1. The Balaban J connectivity index is 1.82. The van der Waals surface area contributed by atoms with E-state index in [1.165, 1.54) is 29.9 Å². The van der Waals surface area contributed by atoms with Crippen LogP contribution in [0, 0.1) is 12.3 Å². The van der Waals surface area contributed by atoms with Crippen molar-refractivity contribution in [1.29, 1.82) is 0 Å². The molecule has 1 saturated carbocycles. The fourth-order valence-corrected chi connectivity index (χ4v) is 2.90. The van der Waals surface area contributed by atoms with E-state index in [1.807, 2.05) is 0 Å². The zero-order valence-electron chi connectivity index (χ0n) is 9.03. The predicted molar refractivity (Wildman–Crippen MR) is 73.1 cm³/mol. The van der Waals surface area contributed by atoms with E-state index in [1.54, 1.807) is 11.8 Å². The van der Waals surface area contributed by atoms with Crippen LogP contribution in [0.3, 0.4) is 0 Å². The van der Waals surface area contributed by atoms with Gasteiger partial charge in [-0.1, -0.05) is 5.92 Å². The zero-order chi connectivity index (χ0) is 11.4. The van der Waals surface area contributed by atoms with E-state index in [2.05, 4.69) is 15.6 Å². The minimum absolute atomic E-state index is 0.652. The number of nitrogens with two attached hydrogens (primary N) is 1. The van der Waals surface area contributed by atoms with Crippen LogP contribution in [-0.4, -0.2) is 22.4 Å². The van der Waals surface area contributed by atoms with Gasteiger partial charge in [0.2, 0.25) is 0 Å². The summed E-state index contributed by atoms with van der Waals surface area (Å²) < 4.78 is 4.21. The molecular formula is C11H15N3S2. The number of hydrogen-bond acceptors (Lipinski definition) is 5. The first-order valence-electron chi connectivity index (χ1n) is 5.33. The lowest BCUT2D eigenvalue weighted by Crippen LogP contribution is -2.05. The van der Waals surface area contributed by atoms with E-state index in [-0.39, 0.29) is 0 Å². The number of hydrogen-bond donors (Lipinski definition) is 2. The van der Waals surface area contributed by atoms with Crippen LogP contribution in [0.15, 0.2) is 0 Å². The van der Waals surface area contributed by atoms with Crippen molar-refractivity contribution in [1.82, 2.24) is 4.37 Å². The van der Waals surface area contributed by atoms with E-state index in [0.29, 0.717) is 11.7 Å². The minimum atomic E-state index is 0.652. The smallest absolute Gasteiger partial charge is 0.142 e. The molecule has 3 N–H and O–H groups in total. The standard InChI is InChI=1S/C11H15N3S2/c1-2-6-15-7-5-13-11-9(8-3-4-8)10(12)14-16-11/h1,8,13H,3-7H2,(H2,12,14). The summed E-state index contributed by atoms with van der Waals surface area (Å²) in [6, 6.07) is 0. The van der Waals surface area contributed by atoms with E-state index in [4.69, 9.17) is 12.2 Å². The molecule has 16 heavy (non-hydrogen) atoms. The van der Waals surface area contributed by atoms with Crippen molar-refractivity contribution in [2.75, 3.05) is 29.1 Å². The van der Waals surface area contributed by atoms with Crippen molar-refractivity contribution in [3.05, 3.63) is 5.56 Å². The van der Waals surface area contributed by atoms with Gasteiger partial charge in [-0.2, -0.15) is 4.37 Å². The van der Waals surface area contributed by atoms with Crippen LogP contribution in [0.2, 0.25) is 0 Å². The van der Waals surface area contributed by atoms with Crippen molar-refractivity contribution in [3.63, 3.8) is 0 Å². The molecule has 2 rings (SSSR count). The van der Waals surface area contributed by atoms with Crippen molar-refractivity contribution < 1.29 is 0 Å². The summed E-state index contributed by atoms with van der Waals surface area (Å²) in [5, 5.41) is 4.55. The molecule has 1 aliphatic rings. The third-order valence-electron chi connectivity index (χ3n) is 2.46. The maximum Gasteiger partial charge on any atom is 0.142 e. The van der Waals surface area contributed by atoms with Gasteiger partial charge < -0.3 is 11.1 Å². The van der Waals surface area contributed by atoms with Crippen LogP contribution < -0.4 is 11.1 Å². The Morgan fingerprint density at radius 2 is 2.44 bits per heavy atom. The lowest BCUT2D eigenvalue weighted by atomic mass is 10.2. The van der Waals surface area contributed by atoms with E-state index < -0.39 is 0 Å². The van der Waals surface area contributed by atoms with Crippen LogP contribution in [0.25, 0.3) is 0 Å². The zero-order valence-corrected chi connectivity index (χ0v) is 10.7. The number of rotatable bonds is 6. The van der Waals surface area contributed by atoms with Crippen LogP contribution in [0.5, 0.6) is 0 Å². The summed E-state index contributed by atoms with van der Waals surface area (Å²) in [6.45, 7) is 0.924. The Hall–Kier alpha value is -0.860. The van der Waals surface area contributed by atoms with Crippen LogP contribution in [0.1, 0.15) is 24.3 Å². The SMILES string of the molecule is C#CCSCCNc1snc(N)c1C1CC1. The highest BCUT2D eigenvalue weighted by Crippen LogP contribution is 2.47. The molecule has 1 fully saturated rings. The van der Waals surface area contributed by atoms with E-state index in [9.17, 15) is 0 Å². The lowest BCUT2D eigenvalue weighted by Gasteiger charge is -2.05. The highest BCUT2D eigenvalue weighted by Gasteiger charge is 2.30. The Morgan fingerprint density at radius 3 is 3.12 bits per heavy atom. The monoisotopic (exact) mass is 253 g/mol. The second-order valence-electron chi connectivity index (χ2n) is 3.77. The number of aromatic nitrogens is 1. The number of terminal acetylenes is 1. The van der Waals surface area contributed by atoms with Gasteiger partial charge in [0.25, 0.3) is 0 Å². The number of nitrogens with zero attached hydrogens (tertiary/aromatic N) is 1. The molecule has 0 aromatic carbocycles. The van der Waals surface area contributed by atoms with Gasteiger partial charge in [0.15, 0.2) is 0 Å². The Bertz CT molecular complexity index is 390. The van der Waals surface area contributed by atoms with E-state index in [0.717, 1.165) is 23.1 Å². The summed E-state index contributed by atoms with van der Waals surface area (Å²) in [5.74, 6) is 5.78. The average Bonchev–Trinajstić information content (AvgIpc) is 3.04. The van der Waals surface area contributed by atoms with Crippen LogP contribution in [0.4, 0.5) is 10.8 Å². The summed E-state index contributed by atoms with van der Waals surface area (Å²) in [7, 11) is 0. The predicted octanol–water partition coefficient (Wildman–Crippen LogP) is 2.38. The third-order valence-corrected chi connectivity index (χ3v) is 4.16. The maximum absolute atomic E-state index is 5.86. The van der Waals surface area contributed by atoms with Crippen LogP contribution in [-0.2, 0) is 0 Å². The molecule has 86 valence electrons. The minimum Gasteiger partial charge on any atom is -0.383 e. The molecule has 3 nitrogen and oxygen atoms in total. The number of thioether (sulfide) groups is 1. The fraction of sp³-hybridized carbons (Fsp3) is 0.545. The van der Waals surface area contributed by atoms with Crippen molar-refractivity contribution in [3.8, 4) is 12.3 Å². The van der Waals surface area contributed by atoms with Gasteiger partial charge in [0.05, 0.1) is 5.75 Å². The fourth-order valence-electron chi connectivity index (χ4n) is 1.57. The van der Waals surface area contributed by atoms with Gasteiger partial charge in [-0.25, -0.2) is 0 Å². The second kappa shape index (κ2) is 5.46. The normalized spacial score (nSPS) is 14.7. The topological polar surface area (TPSA) is 50.9 Å². The van der Waals surface area contributed by atoms with Gasteiger partial charge in [0, 0.05) is 17.9 Å². The Kier molecular flexibility index (Phi) is 3.97. The first-order chi connectivity index (χ1) is 7.83. The third kappa shape index (κ3) is 2.83. The second-order valence-corrected chi connectivity index (χ2v) is 5.65. The molecule has 0 radical (unpaired) electrons. The molecular weight excluding hydrogens is 238 g/mol. The quantitative estimate of drug-likeness (QED) is 0.604.